The van der Waals surface area contributed by atoms with E-state index >= 15 is 0 Å². The molecule has 2 fully saturated rings. The molecule has 0 saturated carbocycles. The van der Waals surface area contributed by atoms with Gasteiger partial charge in [0, 0.05) is 23.7 Å². The molecule has 0 spiro atoms. The van der Waals surface area contributed by atoms with E-state index in [0.29, 0.717) is 24.7 Å². The highest BCUT2D eigenvalue weighted by Crippen LogP contribution is 2.30. The van der Waals surface area contributed by atoms with Crippen molar-refractivity contribution in [3.63, 3.8) is 0 Å². The Balaban J connectivity index is 1.76. The van der Waals surface area contributed by atoms with Gasteiger partial charge in [0.25, 0.3) is 0 Å². The predicted octanol–water partition coefficient (Wildman–Crippen LogP) is 0.871. The van der Waals surface area contributed by atoms with Gasteiger partial charge in [0.1, 0.15) is 0 Å². The monoisotopic (exact) mass is 331 g/mol. The summed E-state index contributed by atoms with van der Waals surface area (Å²) in [5, 5.41) is 10.6. The van der Waals surface area contributed by atoms with Crippen molar-refractivity contribution in [1.29, 1.82) is 0 Å². The minimum absolute atomic E-state index is 0.0173. The SMILES string of the molecule is O=S1(=O)C[C@@H](N2CCO[C@H](c3ccccc3Cl)C2)[C@@H](O)C1. The number of sulfone groups is 1. The molecule has 21 heavy (non-hydrogen) atoms. The Labute approximate surface area is 129 Å². The number of hydrogen-bond acceptors (Lipinski definition) is 5. The zero-order valence-corrected chi connectivity index (χ0v) is 13.1. The van der Waals surface area contributed by atoms with Gasteiger partial charge in [-0.25, -0.2) is 8.42 Å². The molecule has 0 bridgehead atoms. The van der Waals surface area contributed by atoms with Gasteiger partial charge in [-0.2, -0.15) is 0 Å². The molecule has 0 radical (unpaired) electrons. The van der Waals surface area contributed by atoms with Crippen molar-refractivity contribution in [3.05, 3.63) is 34.9 Å². The van der Waals surface area contributed by atoms with E-state index in [1.54, 1.807) is 0 Å². The Morgan fingerprint density at radius 2 is 2.05 bits per heavy atom. The van der Waals surface area contributed by atoms with Crippen molar-refractivity contribution in [3.8, 4) is 0 Å². The number of halogens is 1. The lowest BCUT2D eigenvalue weighted by Gasteiger charge is -2.37. The van der Waals surface area contributed by atoms with Gasteiger partial charge < -0.3 is 9.84 Å². The van der Waals surface area contributed by atoms with E-state index in [2.05, 4.69) is 0 Å². The Morgan fingerprint density at radius 1 is 1.29 bits per heavy atom. The van der Waals surface area contributed by atoms with Crippen molar-refractivity contribution in [2.24, 2.45) is 0 Å². The summed E-state index contributed by atoms with van der Waals surface area (Å²) < 4.78 is 29.1. The van der Waals surface area contributed by atoms with Gasteiger partial charge in [0.05, 0.1) is 36.4 Å². The zero-order valence-electron chi connectivity index (χ0n) is 11.5. The van der Waals surface area contributed by atoms with Crippen LogP contribution < -0.4 is 0 Å². The molecule has 1 aromatic rings. The second-order valence-corrected chi connectivity index (χ2v) is 8.15. The summed E-state index contributed by atoms with van der Waals surface area (Å²) in [5.41, 5.74) is 0.902. The summed E-state index contributed by atoms with van der Waals surface area (Å²) >= 11 is 6.20. The molecule has 116 valence electrons. The van der Waals surface area contributed by atoms with Gasteiger partial charge in [0.2, 0.25) is 0 Å². The Kier molecular flexibility index (Phi) is 4.25. The third kappa shape index (κ3) is 3.24. The Morgan fingerprint density at radius 3 is 2.71 bits per heavy atom. The molecule has 5 nitrogen and oxygen atoms in total. The molecule has 2 saturated heterocycles. The van der Waals surface area contributed by atoms with E-state index < -0.39 is 15.9 Å². The maximum absolute atomic E-state index is 11.7. The fourth-order valence-electron chi connectivity index (χ4n) is 3.05. The summed E-state index contributed by atoms with van der Waals surface area (Å²) in [6.07, 6.45) is -1.01. The van der Waals surface area contributed by atoms with E-state index in [1.807, 2.05) is 29.2 Å². The summed E-state index contributed by atoms with van der Waals surface area (Å²) in [5.74, 6) is -0.130. The quantitative estimate of drug-likeness (QED) is 0.871. The lowest BCUT2D eigenvalue weighted by molar-refractivity contribution is -0.0567. The molecule has 0 unspecified atom stereocenters. The second kappa shape index (κ2) is 5.85. The van der Waals surface area contributed by atoms with Gasteiger partial charge in [-0.3, -0.25) is 4.90 Å². The average Bonchev–Trinajstić information content (AvgIpc) is 2.73. The smallest absolute Gasteiger partial charge is 0.154 e. The maximum Gasteiger partial charge on any atom is 0.154 e. The highest BCUT2D eigenvalue weighted by atomic mass is 35.5. The third-order valence-corrected chi connectivity index (χ3v) is 6.16. The first-order valence-corrected chi connectivity index (χ1v) is 9.15. The van der Waals surface area contributed by atoms with Crippen molar-refractivity contribution in [2.75, 3.05) is 31.2 Å². The van der Waals surface area contributed by atoms with Crippen molar-refractivity contribution in [1.82, 2.24) is 4.90 Å². The van der Waals surface area contributed by atoms with Crippen LogP contribution in [0.5, 0.6) is 0 Å². The van der Waals surface area contributed by atoms with E-state index in [-0.39, 0.29) is 23.7 Å². The molecule has 1 aromatic carbocycles. The molecular weight excluding hydrogens is 314 g/mol. The highest BCUT2D eigenvalue weighted by molar-refractivity contribution is 7.91. The second-order valence-electron chi connectivity index (χ2n) is 5.59. The summed E-state index contributed by atoms with van der Waals surface area (Å²) in [4.78, 5) is 2.01. The van der Waals surface area contributed by atoms with Crippen LogP contribution in [0.3, 0.4) is 0 Å². The predicted molar refractivity (Wildman–Crippen MR) is 80.2 cm³/mol. The molecule has 2 aliphatic heterocycles. The topological polar surface area (TPSA) is 66.8 Å². The van der Waals surface area contributed by atoms with E-state index in [9.17, 15) is 13.5 Å². The van der Waals surface area contributed by atoms with E-state index in [0.717, 1.165) is 5.56 Å². The van der Waals surface area contributed by atoms with Crippen LogP contribution in [0, 0.1) is 0 Å². The lowest BCUT2D eigenvalue weighted by atomic mass is 10.1. The lowest BCUT2D eigenvalue weighted by Crippen LogP contribution is -2.49. The first-order chi connectivity index (χ1) is 9.96. The van der Waals surface area contributed by atoms with Crippen LogP contribution in [0.1, 0.15) is 11.7 Å². The molecule has 0 amide bonds. The Hall–Kier alpha value is -0.660. The van der Waals surface area contributed by atoms with Crippen LogP contribution in [0.4, 0.5) is 0 Å². The average molecular weight is 332 g/mol. The first-order valence-electron chi connectivity index (χ1n) is 6.95. The normalized spacial score (nSPS) is 33.1. The number of rotatable bonds is 2. The summed E-state index contributed by atoms with van der Waals surface area (Å²) in [7, 11) is -3.14. The Bertz CT molecular complexity index is 621. The fraction of sp³-hybridized carbons (Fsp3) is 0.571. The number of hydrogen-bond donors (Lipinski definition) is 1. The van der Waals surface area contributed by atoms with Gasteiger partial charge in [-0.05, 0) is 6.07 Å². The third-order valence-electron chi connectivity index (χ3n) is 4.11. The van der Waals surface area contributed by atoms with Gasteiger partial charge in [0.15, 0.2) is 9.84 Å². The molecule has 2 heterocycles. The minimum Gasteiger partial charge on any atom is -0.390 e. The van der Waals surface area contributed by atoms with Gasteiger partial charge >= 0.3 is 0 Å². The van der Waals surface area contributed by atoms with Crippen molar-refractivity contribution >= 4 is 21.4 Å². The van der Waals surface area contributed by atoms with Gasteiger partial charge in [-0.15, -0.1) is 0 Å². The van der Waals surface area contributed by atoms with Crippen LogP contribution in [0.2, 0.25) is 5.02 Å². The van der Waals surface area contributed by atoms with E-state index in [1.165, 1.54) is 0 Å². The first kappa shape index (κ1) is 15.2. The number of ether oxygens (including phenoxy) is 1. The zero-order chi connectivity index (χ0) is 15.0. The van der Waals surface area contributed by atoms with Crippen molar-refractivity contribution < 1.29 is 18.3 Å². The summed E-state index contributed by atoms with van der Waals surface area (Å²) in [6.45, 7) is 1.67. The van der Waals surface area contributed by atoms with Crippen LogP contribution >= 0.6 is 11.6 Å². The highest BCUT2D eigenvalue weighted by Gasteiger charge is 2.41. The molecule has 0 aromatic heterocycles. The van der Waals surface area contributed by atoms with Crippen LogP contribution in [0.25, 0.3) is 0 Å². The van der Waals surface area contributed by atoms with Crippen molar-refractivity contribution in [2.45, 2.75) is 18.2 Å². The fourth-order valence-corrected chi connectivity index (χ4v) is 5.14. The molecule has 1 N–H and O–H groups in total. The van der Waals surface area contributed by atoms with Crippen LogP contribution in [-0.4, -0.2) is 61.8 Å². The molecular formula is C14H18ClNO4S. The number of benzene rings is 1. The molecule has 7 heteroatoms. The van der Waals surface area contributed by atoms with E-state index in [4.69, 9.17) is 16.3 Å². The maximum atomic E-state index is 11.7. The largest absolute Gasteiger partial charge is 0.390 e. The van der Waals surface area contributed by atoms with Gasteiger partial charge in [-0.1, -0.05) is 29.8 Å². The standard InChI is InChI=1S/C14H18ClNO4S/c15-11-4-2-1-3-10(11)14-7-16(5-6-20-14)12-8-21(18,19)9-13(12)17/h1-4,12-14,17H,5-9H2/t12-,13+,14+/m1/s1. The molecule has 0 aliphatic carbocycles. The number of aliphatic hydroxyl groups excluding tert-OH is 1. The summed E-state index contributed by atoms with van der Waals surface area (Å²) in [6, 6.07) is 7.15. The van der Waals surface area contributed by atoms with Crippen LogP contribution in [-0.2, 0) is 14.6 Å². The number of morpholine rings is 1. The molecule has 3 rings (SSSR count). The molecule has 2 aliphatic rings. The van der Waals surface area contributed by atoms with Crippen LogP contribution in [0.15, 0.2) is 24.3 Å². The number of nitrogens with zero attached hydrogens (tertiary/aromatic N) is 1. The minimum atomic E-state index is -3.14. The molecule has 3 atom stereocenters. The number of aliphatic hydroxyl groups is 1.